The first-order valence-electron chi connectivity index (χ1n) is 3.14. The molecule has 0 aromatic rings. The van der Waals surface area contributed by atoms with Gasteiger partial charge in [0.1, 0.15) is 0 Å². The summed E-state index contributed by atoms with van der Waals surface area (Å²) >= 11 is 0. The summed E-state index contributed by atoms with van der Waals surface area (Å²) < 4.78 is 26.1. The highest BCUT2D eigenvalue weighted by Crippen LogP contribution is 2.07. The van der Waals surface area contributed by atoms with Gasteiger partial charge in [0.25, 0.3) is 0 Å². The maximum atomic E-state index is 10.9. The quantitative estimate of drug-likeness (QED) is 0.538. The highest BCUT2D eigenvalue weighted by molar-refractivity contribution is 7.90. The summed E-state index contributed by atoms with van der Waals surface area (Å²) in [5, 5.41) is 3.63. The van der Waals surface area contributed by atoms with Gasteiger partial charge in [0.05, 0.1) is 13.2 Å². The van der Waals surface area contributed by atoms with Crippen LogP contribution in [0.15, 0.2) is 0 Å². The number of carbonyl (C=O) groups is 1. The van der Waals surface area contributed by atoms with Crippen LogP contribution in [0.25, 0.3) is 0 Å². The molecule has 1 aliphatic rings. The molecule has 1 fully saturated rings. The van der Waals surface area contributed by atoms with Crippen LogP contribution in [0.5, 0.6) is 0 Å². The van der Waals surface area contributed by atoms with Gasteiger partial charge in [0.15, 0.2) is 11.0 Å². The van der Waals surface area contributed by atoms with Crippen molar-refractivity contribution in [2.45, 2.75) is 11.7 Å². The van der Waals surface area contributed by atoms with Gasteiger partial charge >= 0.3 is 0 Å². The summed E-state index contributed by atoms with van der Waals surface area (Å²) in [5.41, 5.74) is 0. The zero-order valence-corrected chi connectivity index (χ0v) is 6.63. The van der Waals surface area contributed by atoms with E-state index in [1.54, 1.807) is 0 Å². The third-order valence-electron chi connectivity index (χ3n) is 1.52. The molecule has 5 nitrogen and oxygen atoms in total. The van der Waals surface area contributed by atoms with Crippen molar-refractivity contribution in [2.75, 3.05) is 13.2 Å². The molecular weight excluding hydrogens is 170 g/mol. The Bertz CT molecular complexity index is 258. The first kappa shape index (κ1) is 8.63. The summed E-state index contributed by atoms with van der Waals surface area (Å²) in [6, 6.07) is 0. The van der Waals surface area contributed by atoms with E-state index in [1.165, 1.54) is 0 Å². The normalized spacial score (nSPS) is 27.0. The van der Waals surface area contributed by atoms with Gasteiger partial charge in [-0.3, -0.25) is 4.79 Å². The van der Waals surface area contributed by atoms with Gasteiger partial charge in [-0.2, -0.15) is 0 Å². The summed E-state index contributed by atoms with van der Waals surface area (Å²) in [7, 11) is -3.75. The number of hydrogen-bond donors (Lipinski definition) is 1. The Balaban J connectivity index is 2.78. The fourth-order valence-corrected chi connectivity index (χ4v) is 1.67. The predicted octanol–water partition coefficient (Wildman–Crippen LogP) is -1.37. The maximum absolute atomic E-state index is 10.9. The molecule has 0 bridgehead atoms. The van der Waals surface area contributed by atoms with Crippen molar-refractivity contribution < 1.29 is 17.9 Å². The Morgan fingerprint density at radius 3 is 2.55 bits per heavy atom. The van der Waals surface area contributed by atoms with Gasteiger partial charge in [0.2, 0.25) is 10.0 Å². The van der Waals surface area contributed by atoms with Crippen LogP contribution in [0, 0.1) is 0 Å². The number of ketones is 1. The van der Waals surface area contributed by atoms with Gasteiger partial charge < -0.3 is 4.74 Å². The molecule has 6 heteroatoms. The van der Waals surface area contributed by atoms with E-state index in [9.17, 15) is 13.2 Å². The first-order valence-corrected chi connectivity index (χ1v) is 4.75. The number of primary sulfonamides is 1. The number of carbonyl (C=O) groups excluding carboxylic acids is 1. The van der Waals surface area contributed by atoms with E-state index in [4.69, 9.17) is 9.88 Å². The van der Waals surface area contributed by atoms with Gasteiger partial charge in [0, 0.05) is 6.42 Å². The molecule has 1 atom stereocenters. The smallest absolute Gasteiger partial charge is 0.221 e. The fourth-order valence-electron chi connectivity index (χ4n) is 0.895. The van der Waals surface area contributed by atoms with Crippen LogP contribution < -0.4 is 5.14 Å². The molecule has 0 radical (unpaired) electrons. The SMILES string of the molecule is NS(=O)(=O)[C@H]1COCCC1=O. The maximum Gasteiger partial charge on any atom is 0.221 e. The lowest BCUT2D eigenvalue weighted by atomic mass is 10.2. The highest BCUT2D eigenvalue weighted by atomic mass is 32.2. The van der Waals surface area contributed by atoms with E-state index in [0.717, 1.165) is 0 Å². The van der Waals surface area contributed by atoms with E-state index < -0.39 is 15.3 Å². The molecular formula is C5H9NO4S. The van der Waals surface area contributed by atoms with Crippen molar-refractivity contribution >= 4 is 15.8 Å². The molecule has 0 aliphatic carbocycles. The molecule has 2 N–H and O–H groups in total. The molecule has 1 heterocycles. The number of hydrogen-bond acceptors (Lipinski definition) is 4. The van der Waals surface area contributed by atoms with Crippen molar-refractivity contribution in [1.82, 2.24) is 0 Å². The van der Waals surface area contributed by atoms with Crippen LogP contribution in [0.3, 0.4) is 0 Å². The Hall–Kier alpha value is -0.460. The number of rotatable bonds is 1. The van der Waals surface area contributed by atoms with Crippen LogP contribution in [-0.4, -0.2) is 32.7 Å². The summed E-state index contributed by atoms with van der Waals surface area (Å²) in [4.78, 5) is 10.9. The fraction of sp³-hybridized carbons (Fsp3) is 0.800. The molecule has 0 aromatic heterocycles. The van der Waals surface area contributed by atoms with Gasteiger partial charge in [-0.15, -0.1) is 0 Å². The molecule has 1 saturated heterocycles. The lowest BCUT2D eigenvalue weighted by Crippen LogP contribution is -2.42. The molecule has 1 rings (SSSR count). The minimum atomic E-state index is -3.75. The standard InChI is InChI=1S/C5H9NO4S/c6-11(8,9)5-3-10-2-1-4(5)7/h5H,1-3H2,(H2,6,8,9)/t5-/m0/s1. The van der Waals surface area contributed by atoms with Crippen molar-refractivity contribution in [3.05, 3.63) is 0 Å². The molecule has 11 heavy (non-hydrogen) atoms. The lowest BCUT2D eigenvalue weighted by Gasteiger charge is -2.18. The number of nitrogens with two attached hydrogens (primary N) is 1. The summed E-state index contributed by atoms with van der Waals surface area (Å²) in [6.07, 6.45) is 0.140. The van der Waals surface area contributed by atoms with E-state index in [2.05, 4.69) is 0 Å². The van der Waals surface area contributed by atoms with Gasteiger partial charge in [-0.25, -0.2) is 13.6 Å². The van der Waals surface area contributed by atoms with Crippen LogP contribution >= 0.6 is 0 Å². The second-order valence-corrected chi connectivity index (χ2v) is 4.12. The Morgan fingerprint density at radius 1 is 1.55 bits per heavy atom. The molecule has 0 unspecified atom stereocenters. The molecule has 0 amide bonds. The molecule has 0 aromatic carbocycles. The molecule has 0 spiro atoms. The average molecular weight is 179 g/mol. The molecule has 0 saturated carbocycles. The van der Waals surface area contributed by atoms with Crippen molar-refractivity contribution in [3.8, 4) is 0 Å². The summed E-state index contributed by atoms with van der Waals surface area (Å²) in [6.45, 7) is 0.197. The van der Waals surface area contributed by atoms with Gasteiger partial charge in [-0.05, 0) is 0 Å². The monoisotopic (exact) mass is 179 g/mol. The van der Waals surface area contributed by atoms with Crippen LogP contribution in [0.4, 0.5) is 0 Å². The zero-order valence-electron chi connectivity index (χ0n) is 5.82. The Morgan fingerprint density at radius 2 is 2.18 bits per heavy atom. The third kappa shape index (κ3) is 1.98. The van der Waals surface area contributed by atoms with Crippen LogP contribution in [0.1, 0.15) is 6.42 Å². The van der Waals surface area contributed by atoms with Crippen LogP contribution in [-0.2, 0) is 19.6 Å². The topological polar surface area (TPSA) is 86.5 Å². The molecule has 1 aliphatic heterocycles. The van der Waals surface area contributed by atoms with Crippen molar-refractivity contribution in [2.24, 2.45) is 5.14 Å². The Labute approximate surface area is 64.6 Å². The minimum absolute atomic E-state index is 0.0995. The van der Waals surface area contributed by atoms with Crippen LogP contribution in [0.2, 0.25) is 0 Å². The van der Waals surface area contributed by atoms with E-state index >= 15 is 0 Å². The largest absolute Gasteiger partial charge is 0.379 e. The second kappa shape index (κ2) is 2.88. The Kier molecular flexibility index (Phi) is 2.26. The first-order chi connectivity index (χ1) is 5.02. The lowest BCUT2D eigenvalue weighted by molar-refractivity contribution is -0.123. The van der Waals surface area contributed by atoms with Crippen molar-refractivity contribution in [3.63, 3.8) is 0 Å². The van der Waals surface area contributed by atoms with E-state index in [-0.39, 0.29) is 18.8 Å². The van der Waals surface area contributed by atoms with E-state index in [1.807, 2.05) is 0 Å². The van der Waals surface area contributed by atoms with Crippen molar-refractivity contribution in [1.29, 1.82) is 0 Å². The van der Waals surface area contributed by atoms with E-state index in [0.29, 0.717) is 6.61 Å². The zero-order chi connectivity index (χ0) is 8.48. The summed E-state index contributed by atoms with van der Waals surface area (Å²) in [5.74, 6) is -0.348. The molecule has 64 valence electrons. The third-order valence-corrected chi connectivity index (χ3v) is 2.71. The number of ether oxygens (including phenoxy) is 1. The average Bonchev–Trinajstić information content (AvgIpc) is 1.86. The van der Waals surface area contributed by atoms with Gasteiger partial charge in [-0.1, -0.05) is 0 Å². The predicted molar refractivity (Wildman–Crippen MR) is 37.3 cm³/mol. The number of Topliss-reactive ketones (excluding diaryl/α,β-unsaturated/α-hetero) is 1. The second-order valence-electron chi connectivity index (χ2n) is 2.37. The minimum Gasteiger partial charge on any atom is -0.379 e. The highest BCUT2D eigenvalue weighted by Gasteiger charge is 2.32. The number of sulfonamides is 1.